The summed E-state index contributed by atoms with van der Waals surface area (Å²) in [5, 5.41) is 10.7. The van der Waals surface area contributed by atoms with Crippen LogP contribution in [0.5, 0.6) is 11.5 Å². The van der Waals surface area contributed by atoms with Gasteiger partial charge >= 0.3 is 0 Å². The Bertz CT molecular complexity index is 1220. The SMILES string of the molecule is COc1ccc(C(=O)CSc2nc3c(c(-c4ccccc4)c2C#N)CN(C)CC3)cc1OC. The van der Waals surface area contributed by atoms with Gasteiger partial charge in [0.2, 0.25) is 0 Å². The largest absolute Gasteiger partial charge is 0.493 e. The highest BCUT2D eigenvalue weighted by Gasteiger charge is 2.25. The van der Waals surface area contributed by atoms with Gasteiger partial charge in [0.05, 0.1) is 25.5 Å². The van der Waals surface area contributed by atoms with Crippen molar-refractivity contribution in [1.82, 2.24) is 9.88 Å². The minimum absolute atomic E-state index is 0.0645. The fraction of sp³-hybridized carbons (Fsp3) is 0.269. The van der Waals surface area contributed by atoms with E-state index >= 15 is 0 Å². The van der Waals surface area contributed by atoms with Gasteiger partial charge in [-0.05, 0) is 36.4 Å². The maximum absolute atomic E-state index is 12.9. The summed E-state index contributed by atoms with van der Waals surface area (Å²) in [6, 6.07) is 17.5. The van der Waals surface area contributed by atoms with Crippen LogP contribution >= 0.6 is 11.8 Å². The van der Waals surface area contributed by atoms with Crippen molar-refractivity contribution >= 4 is 17.5 Å². The predicted molar refractivity (Wildman–Crippen MR) is 129 cm³/mol. The summed E-state index contributed by atoms with van der Waals surface area (Å²) in [6.45, 7) is 1.66. The third-order valence-corrected chi connectivity index (χ3v) is 6.70. The van der Waals surface area contributed by atoms with Crippen molar-refractivity contribution in [3.8, 4) is 28.7 Å². The van der Waals surface area contributed by atoms with Gasteiger partial charge in [-0.15, -0.1) is 0 Å². The van der Waals surface area contributed by atoms with Crippen LogP contribution in [0.4, 0.5) is 0 Å². The van der Waals surface area contributed by atoms with Crippen molar-refractivity contribution in [3.05, 3.63) is 70.9 Å². The molecule has 0 amide bonds. The minimum Gasteiger partial charge on any atom is -0.493 e. The van der Waals surface area contributed by atoms with E-state index in [1.807, 2.05) is 30.3 Å². The number of hydrogen-bond donors (Lipinski definition) is 0. The van der Waals surface area contributed by atoms with Gasteiger partial charge in [-0.25, -0.2) is 4.98 Å². The number of benzene rings is 2. The summed E-state index contributed by atoms with van der Waals surface area (Å²) in [4.78, 5) is 20.0. The minimum atomic E-state index is -0.0645. The third-order valence-electron chi connectivity index (χ3n) is 5.73. The molecule has 0 aliphatic carbocycles. The molecule has 6 nitrogen and oxygen atoms in total. The maximum atomic E-state index is 12.9. The van der Waals surface area contributed by atoms with Gasteiger partial charge in [0.1, 0.15) is 11.1 Å². The van der Waals surface area contributed by atoms with Gasteiger partial charge in [-0.3, -0.25) is 4.79 Å². The van der Waals surface area contributed by atoms with E-state index in [4.69, 9.17) is 14.5 Å². The molecule has 168 valence electrons. The summed E-state index contributed by atoms with van der Waals surface area (Å²) in [6.07, 6.45) is 0.814. The molecule has 0 saturated heterocycles. The Kier molecular flexibility index (Phi) is 6.97. The lowest BCUT2D eigenvalue weighted by Crippen LogP contribution is -2.28. The average Bonchev–Trinajstić information content (AvgIpc) is 2.86. The van der Waals surface area contributed by atoms with Crippen molar-refractivity contribution in [2.45, 2.75) is 18.0 Å². The molecule has 1 aromatic heterocycles. The first-order valence-electron chi connectivity index (χ1n) is 10.6. The van der Waals surface area contributed by atoms with Crippen LogP contribution in [-0.4, -0.2) is 49.2 Å². The first kappa shape index (κ1) is 22.8. The van der Waals surface area contributed by atoms with Crippen LogP contribution in [0.15, 0.2) is 53.6 Å². The second kappa shape index (κ2) is 10.1. The molecule has 4 rings (SSSR count). The molecule has 0 fully saturated rings. The van der Waals surface area contributed by atoms with Crippen LogP contribution in [0.1, 0.15) is 27.2 Å². The molecule has 0 saturated carbocycles. The van der Waals surface area contributed by atoms with Crippen molar-refractivity contribution in [3.63, 3.8) is 0 Å². The fourth-order valence-electron chi connectivity index (χ4n) is 4.03. The zero-order valence-corrected chi connectivity index (χ0v) is 19.7. The van der Waals surface area contributed by atoms with E-state index in [9.17, 15) is 10.1 Å². The number of Topliss-reactive ketones (excluding diaryl/α,β-unsaturated/α-hetero) is 1. The van der Waals surface area contributed by atoms with Crippen LogP contribution < -0.4 is 9.47 Å². The number of thioether (sulfide) groups is 1. The lowest BCUT2D eigenvalue weighted by atomic mass is 9.92. The third kappa shape index (κ3) is 4.72. The smallest absolute Gasteiger partial charge is 0.173 e. The Hall–Kier alpha value is -3.34. The van der Waals surface area contributed by atoms with Crippen molar-refractivity contribution in [2.75, 3.05) is 33.6 Å². The van der Waals surface area contributed by atoms with E-state index in [1.54, 1.807) is 32.4 Å². The monoisotopic (exact) mass is 459 g/mol. The number of nitriles is 1. The van der Waals surface area contributed by atoms with Crippen LogP contribution in [0.25, 0.3) is 11.1 Å². The van der Waals surface area contributed by atoms with Gasteiger partial charge in [0.25, 0.3) is 0 Å². The molecule has 0 N–H and O–H groups in total. The molecule has 0 radical (unpaired) electrons. The zero-order chi connectivity index (χ0) is 23.4. The number of fused-ring (bicyclic) bond motifs is 1. The van der Waals surface area contributed by atoms with Gasteiger partial charge in [0, 0.05) is 36.3 Å². The summed E-state index contributed by atoms with van der Waals surface area (Å²) < 4.78 is 10.6. The molecule has 0 atom stereocenters. The van der Waals surface area contributed by atoms with Crippen molar-refractivity contribution in [2.24, 2.45) is 0 Å². The zero-order valence-electron chi connectivity index (χ0n) is 18.9. The number of pyridine rings is 1. The number of carbonyl (C=O) groups excluding carboxylic acids is 1. The lowest BCUT2D eigenvalue weighted by molar-refractivity contribution is 0.102. The van der Waals surface area contributed by atoms with Crippen molar-refractivity contribution in [1.29, 1.82) is 5.26 Å². The number of hydrogen-bond acceptors (Lipinski definition) is 7. The molecule has 7 heteroatoms. The summed E-state index contributed by atoms with van der Waals surface area (Å²) in [5.74, 6) is 1.19. The number of carbonyl (C=O) groups is 1. The number of ketones is 1. The van der Waals surface area contributed by atoms with E-state index in [-0.39, 0.29) is 11.5 Å². The van der Waals surface area contributed by atoms with E-state index in [0.717, 1.165) is 41.9 Å². The number of nitrogens with zero attached hydrogens (tertiary/aromatic N) is 3. The normalized spacial score (nSPS) is 13.2. The first-order chi connectivity index (χ1) is 16.0. The highest BCUT2D eigenvalue weighted by Crippen LogP contribution is 2.37. The molecule has 0 bridgehead atoms. The highest BCUT2D eigenvalue weighted by molar-refractivity contribution is 8.00. The second-order valence-corrected chi connectivity index (χ2v) is 8.80. The first-order valence-corrected chi connectivity index (χ1v) is 11.6. The summed E-state index contributed by atoms with van der Waals surface area (Å²) in [5.41, 5.74) is 5.09. The molecule has 0 spiro atoms. The molecule has 2 heterocycles. The van der Waals surface area contributed by atoms with E-state index in [0.29, 0.717) is 27.7 Å². The Morgan fingerprint density at radius 3 is 2.61 bits per heavy atom. The highest BCUT2D eigenvalue weighted by atomic mass is 32.2. The molecule has 2 aromatic carbocycles. The topological polar surface area (TPSA) is 75.5 Å². The molecule has 1 aliphatic rings. The Morgan fingerprint density at radius 1 is 1.15 bits per heavy atom. The number of rotatable bonds is 7. The van der Waals surface area contributed by atoms with Gasteiger partial charge in [-0.2, -0.15) is 5.26 Å². The predicted octanol–water partition coefficient (Wildman–Crippen LogP) is 4.60. The number of ether oxygens (including phenoxy) is 2. The van der Waals surface area contributed by atoms with E-state index in [1.165, 1.54) is 11.8 Å². The Labute approximate surface area is 198 Å². The lowest BCUT2D eigenvalue weighted by Gasteiger charge is -2.28. The standard InChI is InChI=1S/C26H25N3O3S/c1-29-12-11-21-20(15-29)25(17-7-5-4-6-8-17)19(14-27)26(28-21)33-16-22(30)18-9-10-23(31-2)24(13-18)32-3/h4-10,13H,11-12,15-16H2,1-3H3. The average molecular weight is 460 g/mol. The van der Waals surface area contributed by atoms with Gasteiger partial charge < -0.3 is 14.4 Å². The number of aromatic nitrogens is 1. The number of likely N-dealkylation sites (N-methyl/N-ethyl adjacent to an activating group) is 1. The molecular formula is C26H25N3O3S. The van der Waals surface area contributed by atoms with Crippen LogP contribution in [0, 0.1) is 11.3 Å². The van der Waals surface area contributed by atoms with Crippen LogP contribution in [0.3, 0.4) is 0 Å². The Balaban J connectivity index is 1.69. The van der Waals surface area contributed by atoms with E-state index < -0.39 is 0 Å². The van der Waals surface area contributed by atoms with E-state index in [2.05, 4.69) is 18.0 Å². The summed E-state index contributed by atoms with van der Waals surface area (Å²) >= 11 is 1.31. The fourth-order valence-corrected chi connectivity index (χ4v) is 4.93. The Morgan fingerprint density at radius 2 is 1.91 bits per heavy atom. The van der Waals surface area contributed by atoms with Crippen LogP contribution in [-0.2, 0) is 13.0 Å². The maximum Gasteiger partial charge on any atom is 0.173 e. The summed E-state index contributed by atoms with van der Waals surface area (Å²) in [7, 11) is 5.18. The van der Waals surface area contributed by atoms with Crippen molar-refractivity contribution < 1.29 is 14.3 Å². The molecular weight excluding hydrogens is 434 g/mol. The second-order valence-electron chi connectivity index (χ2n) is 7.84. The van der Waals surface area contributed by atoms with Crippen LogP contribution in [0.2, 0.25) is 0 Å². The molecule has 1 aliphatic heterocycles. The molecule has 0 unspecified atom stereocenters. The quantitative estimate of drug-likeness (QED) is 0.377. The van der Waals surface area contributed by atoms with Gasteiger partial charge in [0.15, 0.2) is 17.3 Å². The number of methoxy groups -OCH3 is 2. The molecule has 3 aromatic rings. The molecule has 33 heavy (non-hydrogen) atoms. The van der Waals surface area contributed by atoms with Gasteiger partial charge in [-0.1, -0.05) is 42.1 Å².